The van der Waals surface area contributed by atoms with Crippen LogP contribution in [0.25, 0.3) is 0 Å². The van der Waals surface area contributed by atoms with Crippen LogP contribution < -0.4 is 5.32 Å². The second kappa shape index (κ2) is 6.18. The van der Waals surface area contributed by atoms with Gasteiger partial charge in [-0.3, -0.25) is 4.79 Å². The number of esters is 1. The maximum Gasteiger partial charge on any atom is 0.348 e. The maximum atomic E-state index is 12.0. The van der Waals surface area contributed by atoms with Crippen LogP contribution >= 0.6 is 11.3 Å². The molecule has 1 atom stereocenters. The Kier molecular flexibility index (Phi) is 4.29. The van der Waals surface area contributed by atoms with E-state index in [2.05, 4.69) is 12.2 Å². The molecule has 0 unspecified atom stereocenters. The van der Waals surface area contributed by atoms with Crippen molar-refractivity contribution >= 4 is 23.2 Å². The van der Waals surface area contributed by atoms with Gasteiger partial charge in [0.2, 0.25) is 0 Å². The molecular weight excluding hydrogens is 286 g/mol. The van der Waals surface area contributed by atoms with Gasteiger partial charge in [0, 0.05) is 10.9 Å². The Bertz CT molecular complexity index is 548. The summed E-state index contributed by atoms with van der Waals surface area (Å²) in [5.74, 6) is 0.173. The van der Waals surface area contributed by atoms with Crippen LogP contribution in [0.4, 0.5) is 0 Å². The number of amides is 1. The molecule has 0 spiro atoms. The zero-order chi connectivity index (χ0) is 14.8. The van der Waals surface area contributed by atoms with Gasteiger partial charge in [-0.2, -0.15) is 0 Å². The zero-order valence-corrected chi connectivity index (χ0v) is 13.1. The van der Waals surface area contributed by atoms with E-state index in [9.17, 15) is 9.59 Å². The standard InChI is InChI=1S/C16H21NO3S/c1-2-10-3-6-13-11(7-10)8-14(21-13)16(19)20-9-15(18)17-12-4-5-12/h8,10,12H,2-7,9H2,1H3,(H,17,18)/t10-/m0/s1. The third-order valence-electron chi connectivity index (χ3n) is 4.24. The number of aryl methyl sites for hydroxylation is 1. The molecule has 2 aliphatic rings. The number of carbonyl (C=O) groups excluding carboxylic acids is 2. The van der Waals surface area contributed by atoms with Crippen LogP contribution in [-0.4, -0.2) is 24.5 Å². The SMILES string of the molecule is CC[C@H]1CCc2sc(C(=O)OCC(=O)NC3CC3)cc2C1. The lowest BCUT2D eigenvalue weighted by Crippen LogP contribution is -2.30. The molecule has 1 aromatic heterocycles. The molecule has 114 valence electrons. The Balaban J connectivity index is 1.55. The van der Waals surface area contributed by atoms with Gasteiger partial charge in [0.1, 0.15) is 4.88 Å². The molecule has 3 rings (SSSR count). The van der Waals surface area contributed by atoms with Crippen molar-refractivity contribution in [2.24, 2.45) is 5.92 Å². The first kappa shape index (κ1) is 14.6. The second-order valence-corrected chi connectivity index (χ2v) is 7.13. The molecule has 0 radical (unpaired) electrons. The molecule has 1 N–H and O–H groups in total. The second-order valence-electron chi connectivity index (χ2n) is 5.99. The minimum Gasteiger partial charge on any atom is -0.451 e. The Labute approximate surface area is 128 Å². The number of ether oxygens (including phenoxy) is 1. The maximum absolute atomic E-state index is 12.0. The minimum atomic E-state index is -0.367. The van der Waals surface area contributed by atoms with Gasteiger partial charge < -0.3 is 10.1 Å². The Hall–Kier alpha value is -1.36. The summed E-state index contributed by atoms with van der Waals surface area (Å²) in [6.07, 6.45) is 6.61. The summed E-state index contributed by atoms with van der Waals surface area (Å²) in [5.41, 5.74) is 1.30. The molecule has 1 aromatic rings. The Morgan fingerprint density at radius 3 is 2.90 bits per heavy atom. The van der Waals surface area contributed by atoms with E-state index in [0.29, 0.717) is 10.9 Å². The summed E-state index contributed by atoms with van der Waals surface area (Å²) in [7, 11) is 0. The normalized spacial score (nSPS) is 20.7. The van der Waals surface area contributed by atoms with Crippen molar-refractivity contribution in [3.63, 3.8) is 0 Å². The van der Waals surface area contributed by atoms with Gasteiger partial charge in [-0.15, -0.1) is 11.3 Å². The van der Waals surface area contributed by atoms with Crippen LogP contribution in [-0.2, 0) is 22.4 Å². The fraction of sp³-hybridized carbons (Fsp3) is 0.625. The van der Waals surface area contributed by atoms with E-state index in [4.69, 9.17) is 4.74 Å². The molecule has 0 aliphatic heterocycles. The highest BCUT2D eigenvalue weighted by Gasteiger charge is 2.25. The molecular formula is C16H21NO3S. The van der Waals surface area contributed by atoms with Gasteiger partial charge in [0.05, 0.1) is 0 Å². The average Bonchev–Trinajstić information content (AvgIpc) is 3.19. The summed E-state index contributed by atoms with van der Waals surface area (Å²) in [6.45, 7) is 2.05. The van der Waals surface area contributed by atoms with Crippen molar-refractivity contribution in [1.29, 1.82) is 0 Å². The lowest BCUT2D eigenvalue weighted by Gasteiger charge is -2.19. The molecule has 1 amide bonds. The molecule has 1 heterocycles. The quantitative estimate of drug-likeness (QED) is 0.851. The zero-order valence-electron chi connectivity index (χ0n) is 12.3. The largest absolute Gasteiger partial charge is 0.451 e. The van der Waals surface area contributed by atoms with Crippen LogP contribution in [0.2, 0.25) is 0 Å². The number of fused-ring (bicyclic) bond motifs is 1. The smallest absolute Gasteiger partial charge is 0.348 e. The topological polar surface area (TPSA) is 55.4 Å². The summed E-state index contributed by atoms with van der Waals surface area (Å²) in [6, 6.07) is 2.26. The first-order chi connectivity index (χ1) is 10.2. The average molecular weight is 307 g/mol. The van der Waals surface area contributed by atoms with Gasteiger partial charge in [-0.05, 0) is 49.7 Å². The van der Waals surface area contributed by atoms with Crippen molar-refractivity contribution in [1.82, 2.24) is 5.32 Å². The monoisotopic (exact) mass is 307 g/mol. The van der Waals surface area contributed by atoms with E-state index in [-0.39, 0.29) is 18.5 Å². The van der Waals surface area contributed by atoms with Gasteiger partial charge >= 0.3 is 5.97 Å². The number of thiophene rings is 1. The number of hydrogen-bond acceptors (Lipinski definition) is 4. The number of hydrogen-bond donors (Lipinski definition) is 1. The fourth-order valence-corrected chi connectivity index (χ4v) is 3.85. The Morgan fingerprint density at radius 2 is 2.19 bits per heavy atom. The molecule has 4 nitrogen and oxygen atoms in total. The van der Waals surface area contributed by atoms with Gasteiger partial charge in [0.15, 0.2) is 6.61 Å². The van der Waals surface area contributed by atoms with E-state index in [1.165, 1.54) is 34.6 Å². The van der Waals surface area contributed by atoms with Crippen LogP contribution in [0.1, 0.15) is 52.7 Å². The molecule has 1 saturated carbocycles. The summed E-state index contributed by atoms with van der Waals surface area (Å²) in [5, 5.41) is 2.81. The van der Waals surface area contributed by atoms with Gasteiger partial charge in [-0.25, -0.2) is 4.79 Å². The van der Waals surface area contributed by atoms with Crippen LogP contribution in [0.5, 0.6) is 0 Å². The fourth-order valence-electron chi connectivity index (χ4n) is 2.75. The molecule has 0 saturated heterocycles. The highest BCUT2D eigenvalue weighted by Crippen LogP contribution is 2.33. The molecule has 1 fully saturated rings. The first-order valence-corrected chi connectivity index (χ1v) is 8.55. The lowest BCUT2D eigenvalue weighted by molar-refractivity contribution is -0.124. The van der Waals surface area contributed by atoms with E-state index in [1.807, 2.05) is 6.07 Å². The van der Waals surface area contributed by atoms with Gasteiger partial charge in [-0.1, -0.05) is 13.3 Å². The number of carbonyl (C=O) groups is 2. The highest BCUT2D eigenvalue weighted by molar-refractivity contribution is 7.14. The van der Waals surface area contributed by atoms with E-state index < -0.39 is 0 Å². The summed E-state index contributed by atoms with van der Waals surface area (Å²) >= 11 is 1.53. The first-order valence-electron chi connectivity index (χ1n) is 7.73. The molecule has 21 heavy (non-hydrogen) atoms. The predicted molar refractivity (Wildman–Crippen MR) is 81.6 cm³/mol. The van der Waals surface area contributed by atoms with E-state index in [1.54, 1.807) is 0 Å². The predicted octanol–water partition coefficient (Wildman–Crippen LogP) is 2.70. The summed E-state index contributed by atoms with van der Waals surface area (Å²) < 4.78 is 5.11. The number of rotatable bonds is 5. The molecule has 0 aromatic carbocycles. The van der Waals surface area contributed by atoms with Crippen LogP contribution in [0.3, 0.4) is 0 Å². The minimum absolute atomic E-state index is 0.171. The molecule has 0 bridgehead atoms. The van der Waals surface area contributed by atoms with E-state index >= 15 is 0 Å². The third kappa shape index (κ3) is 3.64. The number of nitrogens with one attached hydrogen (secondary N) is 1. The molecule has 2 aliphatic carbocycles. The summed E-state index contributed by atoms with van der Waals surface area (Å²) in [4.78, 5) is 25.5. The van der Waals surface area contributed by atoms with Crippen molar-refractivity contribution in [2.45, 2.75) is 51.5 Å². The van der Waals surface area contributed by atoms with Crippen LogP contribution in [0, 0.1) is 5.92 Å². The van der Waals surface area contributed by atoms with Crippen LogP contribution in [0.15, 0.2) is 6.07 Å². The van der Waals surface area contributed by atoms with E-state index in [0.717, 1.165) is 31.6 Å². The Morgan fingerprint density at radius 1 is 1.38 bits per heavy atom. The van der Waals surface area contributed by atoms with Crippen molar-refractivity contribution < 1.29 is 14.3 Å². The molecule has 5 heteroatoms. The highest BCUT2D eigenvalue weighted by atomic mass is 32.1. The third-order valence-corrected chi connectivity index (χ3v) is 5.46. The van der Waals surface area contributed by atoms with Crippen molar-refractivity contribution in [3.05, 3.63) is 21.4 Å². The van der Waals surface area contributed by atoms with Crippen molar-refractivity contribution in [3.8, 4) is 0 Å². The lowest BCUT2D eigenvalue weighted by atomic mass is 9.87. The van der Waals surface area contributed by atoms with Crippen molar-refractivity contribution in [2.75, 3.05) is 6.61 Å². The van der Waals surface area contributed by atoms with Gasteiger partial charge in [0.25, 0.3) is 5.91 Å².